The summed E-state index contributed by atoms with van der Waals surface area (Å²) < 4.78 is 0. The van der Waals surface area contributed by atoms with Crippen LogP contribution in [0.4, 0.5) is 0 Å². The van der Waals surface area contributed by atoms with Gasteiger partial charge in [-0.05, 0) is 30.7 Å². The Bertz CT molecular complexity index is 445. The SMILES string of the molecule is O=[C]CCCN1CCN(Cc2ccc(Cl)cc2Cl)CC1. The Balaban J connectivity index is 1.78. The van der Waals surface area contributed by atoms with E-state index in [1.807, 2.05) is 18.4 Å². The summed E-state index contributed by atoms with van der Waals surface area (Å²) in [4.78, 5) is 15.0. The van der Waals surface area contributed by atoms with E-state index in [-0.39, 0.29) is 0 Å². The first kappa shape index (κ1) is 15.8. The van der Waals surface area contributed by atoms with Crippen LogP contribution in [0.25, 0.3) is 0 Å². The average molecular weight is 314 g/mol. The maximum atomic E-state index is 10.2. The number of hydrogen-bond acceptors (Lipinski definition) is 3. The Kier molecular flexibility index (Phi) is 6.30. The molecule has 5 heteroatoms. The molecule has 3 nitrogen and oxygen atoms in total. The zero-order valence-corrected chi connectivity index (χ0v) is 13.0. The number of rotatable bonds is 6. The van der Waals surface area contributed by atoms with Gasteiger partial charge in [0.25, 0.3) is 0 Å². The van der Waals surface area contributed by atoms with Crippen LogP contribution >= 0.6 is 23.2 Å². The molecule has 0 unspecified atom stereocenters. The van der Waals surface area contributed by atoms with Gasteiger partial charge in [0.2, 0.25) is 0 Å². The number of carbonyl (C=O) groups excluding carboxylic acids is 1. The van der Waals surface area contributed by atoms with E-state index in [1.165, 1.54) is 0 Å². The fourth-order valence-electron chi connectivity index (χ4n) is 2.44. The maximum absolute atomic E-state index is 10.2. The van der Waals surface area contributed by atoms with Crippen molar-refractivity contribution in [1.29, 1.82) is 0 Å². The molecular formula is C15H19Cl2N2O. The summed E-state index contributed by atoms with van der Waals surface area (Å²) >= 11 is 12.1. The van der Waals surface area contributed by atoms with Gasteiger partial charge in [0.15, 0.2) is 6.29 Å². The third-order valence-corrected chi connectivity index (χ3v) is 4.21. The second kappa shape index (κ2) is 7.99. The lowest BCUT2D eigenvalue weighted by Crippen LogP contribution is -2.46. The quantitative estimate of drug-likeness (QED) is 0.754. The van der Waals surface area contributed by atoms with Crippen molar-refractivity contribution >= 4 is 29.5 Å². The lowest BCUT2D eigenvalue weighted by Gasteiger charge is -2.34. The van der Waals surface area contributed by atoms with Crippen molar-refractivity contribution in [3.8, 4) is 0 Å². The zero-order chi connectivity index (χ0) is 14.4. The third kappa shape index (κ3) is 4.74. The second-order valence-corrected chi connectivity index (χ2v) is 5.95. The molecule has 0 atom stereocenters. The molecule has 0 saturated carbocycles. The molecule has 1 fully saturated rings. The molecule has 1 saturated heterocycles. The van der Waals surface area contributed by atoms with Gasteiger partial charge in [-0.25, -0.2) is 0 Å². The molecular weight excluding hydrogens is 295 g/mol. The molecule has 1 aromatic carbocycles. The first-order chi connectivity index (χ1) is 9.69. The Morgan fingerprint density at radius 1 is 1.10 bits per heavy atom. The molecule has 1 radical (unpaired) electrons. The summed E-state index contributed by atoms with van der Waals surface area (Å²) in [6, 6.07) is 5.68. The maximum Gasteiger partial charge on any atom is 0.198 e. The van der Waals surface area contributed by atoms with E-state index in [2.05, 4.69) is 9.80 Å². The van der Waals surface area contributed by atoms with Crippen LogP contribution < -0.4 is 0 Å². The van der Waals surface area contributed by atoms with E-state index in [1.54, 1.807) is 6.07 Å². The fourth-order valence-corrected chi connectivity index (χ4v) is 2.90. The molecule has 0 aromatic heterocycles. The normalized spacial score (nSPS) is 17.3. The Hall–Kier alpha value is -0.610. The molecule has 1 aliphatic heterocycles. The molecule has 0 amide bonds. The third-order valence-electron chi connectivity index (χ3n) is 3.63. The van der Waals surface area contributed by atoms with E-state index < -0.39 is 0 Å². The van der Waals surface area contributed by atoms with Crippen LogP contribution in [-0.4, -0.2) is 48.8 Å². The minimum atomic E-state index is 0.542. The largest absolute Gasteiger partial charge is 0.301 e. The van der Waals surface area contributed by atoms with Crippen molar-refractivity contribution in [2.24, 2.45) is 0 Å². The first-order valence-corrected chi connectivity index (χ1v) is 7.68. The minimum Gasteiger partial charge on any atom is -0.301 e. The van der Waals surface area contributed by atoms with Gasteiger partial charge in [-0.1, -0.05) is 29.3 Å². The van der Waals surface area contributed by atoms with Gasteiger partial charge in [-0.2, -0.15) is 0 Å². The molecule has 0 bridgehead atoms. The summed E-state index contributed by atoms with van der Waals surface area (Å²) in [5, 5.41) is 1.41. The Morgan fingerprint density at radius 3 is 2.45 bits per heavy atom. The van der Waals surface area contributed by atoms with Gasteiger partial charge in [0.05, 0.1) is 0 Å². The highest BCUT2D eigenvalue weighted by Gasteiger charge is 2.17. The molecule has 1 aromatic rings. The van der Waals surface area contributed by atoms with E-state index in [0.29, 0.717) is 11.4 Å². The Morgan fingerprint density at radius 2 is 1.80 bits per heavy atom. The van der Waals surface area contributed by atoms with Crippen molar-refractivity contribution in [3.05, 3.63) is 33.8 Å². The van der Waals surface area contributed by atoms with Gasteiger partial charge in [0, 0.05) is 49.2 Å². The average Bonchev–Trinajstić information content (AvgIpc) is 2.44. The van der Waals surface area contributed by atoms with Gasteiger partial charge in [-0.15, -0.1) is 0 Å². The van der Waals surface area contributed by atoms with Crippen molar-refractivity contribution < 1.29 is 4.79 Å². The monoisotopic (exact) mass is 313 g/mol. The second-order valence-electron chi connectivity index (χ2n) is 5.10. The van der Waals surface area contributed by atoms with Gasteiger partial charge < -0.3 is 4.90 Å². The van der Waals surface area contributed by atoms with Crippen molar-refractivity contribution in [3.63, 3.8) is 0 Å². The van der Waals surface area contributed by atoms with Crippen LogP contribution in [-0.2, 0) is 11.3 Å². The molecule has 0 aliphatic carbocycles. The van der Waals surface area contributed by atoms with Crippen LogP contribution in [0.2, 0.25) is 10.0 Å². The molecule has 1 heterocycles. The van der Waals surface area contributed by atoms with Crippen LogP contribution in [0, 0.1) is 0 Å². The van der Waals surface area contributed by atoms with Crippen molar-refractivity contribution in [2.75, 3.05) is 32.7 Å². The predicted molar refractivity (Wildman–Crippen MR) is 83.1 cm³/mol. The number of nitrogens with zero attached hydrogens (tertiary/aromatic N) is 2. The highest BCUT2D eigenvalue weighted by Crippen LogP contribution is 2.22. The van der Waals surface area contributed by atoms with E-state index in [9.17, 15) is 4.79 Å². The smallest absolute Gasteiger partial charge is 0.198 e. The minimum absolute atomic E-state index is 0.542. The molecule has 0 N–H and O–H groups in total. The summed E-state index contributed by atoms with van der Waals surface area (Å²) in [5.41, 5.74) is 1.13. The molecule has 1 aliphatic rings. The summed E-state index contributed by atoms with van der Waals surface area (Å²) in [5.74, 6) is 0. The van der Waals surface area contributed by atoms with Crippen LogP contribution in [0.15, 0.2) is 18.2 Å². The van der Waals surface area contributed by atoms with Gasteiger partial charge >= 0.3 is 0 Å². The summed E-state index contributed by atoms with van der Waals surface area (Å²) in [6.07, 6.45) is 3.40. The number of halogens is 2. The lowest BCUT2D eigenvalue weighted by atomic mass is 10.2. The standard InChI is InChI=1S/C15H19Cl2N2O/c16-14-4-3-13(15(17)11-14)12-19-8-6-18(7-9-19)5-1-2-10-20/h3-4,11H,1-2,5-9,12H2. The highest BCUT2D eigenvalue weighted by molar-refractivity contribution is 6.35. The first-order valence-electron chi connectivity index (χ1n) is 6.92. The number of hydrogen-bond donors (Lipinski definition) is 0. The highest BCUT2D eigenvalue weighted by atomic mass is 35.5. The molecule has 20 heavy (non-hydrogen) atoms. The summed E-state index contributed by atoms with van der Waals surface area (Å²) in [7, 11) is 0. The Labute approximate surface area is 130 Å². The fraction of sp³-hybridized carbons (Fsp3) is 0.533. The topological polar surface area (TPSA) is 23.6 Å². The van der Waals surface area contributed by atoms with E-state index >= 15 is 0 Å². The number of piperazine rings is 1. The number of benzene rings is 1. The summed E-state index contributed by atoms with van der Waals surface area (Å²) in [6.45, 7) is 6.01. The zero-order valence-electron chi connectivity index (χ0n) is 11.4. The van der Waals surface area contributed by atoms with Crippen molar-refractivity contribution in [1.82, 2.24) is 9.80 Å². The molecule has 2 rings (SSSR count). The lowest BCUT2D eigenvalue weighted by molar-refractivity contribution is 0.126. The molecule has 0 spiro atoms. The van der Waals surface area contributed by atoms with E-state index in [4.69, 9.17) is 23.2 Å². The number of unbranched alkanes of at least 4 members (excludes halogenated alkanes) is 1. The van der Waals surface area contributed by atoms with Crippen molar-refractivity contribution in [2.45, 2.75) is 19.4 Å². The van der Waals surface area contributed by atoms with Crippen LogP contribution in [0.5, 0.6) is 0 Å². The van der Waals surface area contributed by atoms with Gasteiger partial charge in [-0.3, -0.25) is 9.69 Å². The van der Waals surface area contributed by atoms with Crippen LogP contribution in [0.3, 0.4) is 0 Å². The van der Waals surface area contributed by atoms with Crippen LogP contribution in [0.1, 0.15) is 18.4 Å². The van der Waals surface area contributed by atoms with Gasteiger partial charge in [0.1, 0.15) is 0 Å². The predicted octanol–water partition coefficient (Wildman–Crippen LogP) is 3.00. The molecule has 109 valence electrons. The van der Waals surface area contributed by atoms with E-state index in [0.717, 1.165) is 56.3 Å².